The van der Waals surface area contributed by atoms with Crippen LogP contribution in [0.2, 0.25) is 0 Å². The predicted molar refractivity (Wildman–Crippen MR) is 31.4 cm³/mol. The summed E-state index contributed by atoms with van der Waals surface area (Å²) in [4.78, 5) is 18.0. The molecule has 0 aromatic rings. The van der Waals surface area contributed by atoms with Crippen molar-refractivity contribution in [3.8, 4) is 0 Å². The van der Waals surface area contributed by atoms with E-state index in [-0.39, 0.29) is 5.91 Å². The number of carbonyl (C=O) groups excluding carboxylic acids is 2. The highest BCUT2D eigenvalue weighted by atomic mass is 16.1. The maximum absolute atomic E-state index is 9.95. The Labute approximate surface area is 48.4 Å². The molecule has 46 valence electrons. The highest BCUT2D eigenvalue weighted by Crippen LogP contribution is 1.56. The SMILES string of the molecule is C=CC(=O)NC.C=O. The molecule has 0 heterocycles. The van der Waals surface area contributed by atoms with Gasteiger partial charge in [-0.1, -0.05) is 6.58 Å². The molecule has 0 saturated heterocycles. The van der Waals surface area contributed by atoms with Crippen molar-refractivity contribution in [1.82, 2.24) is 5.32 Å². The first-order valence-electron chi connectivity index (χ1n) is 1.94. The van der Waals surface area contributed by atoms with E-state index in [1.54, 1.807) is 7.05 Å². The molecule has 3 heteroatoms. The van der Waals surface area contributed by atoms with Gasteiger partial charge in [-0.25, -0.2) is 0 Å². The Bertz CT molecular complexity index is 80.5. The van der Waals surface area contributed by atoms with Gasteiger partial charge in [0.2, 0.25) is 5.91 Å². The summed E-state index contributed by atoms with van der Waals surface area (Å²) in [5.74, 6) is -0.144. The third-order valence-electron chi connectivity index (χ3n) is 0.432. The summed E-state index contributed by atoms with van der Waals surface area (Å²) in [6.45, 7) is 5.22. The van der Waals surface area contributed by atoms with Crippen molar-refractivity contribution in [2.45, 2.75) is 0 Å². The molecule has 1 N–H and O–H groups in total. The van der Waals surface area contributed by atoms with Crippen molar-refractivity contribution >= 4 is 12.7 Å². The Morgan fingerprint density at radius 2 is 2.00 bits per heavy atom. The van der Waals surface area contributed by atoms with Crippen LogP contribution in [0.3, 0.4) is 0 Å². The molecule has 0 aromatic carbocycles. The molecule has 0 aliphatic rings. The first kappa shape index (κ1) is 9.99. The van der Waals surface area contributed by atoms with Crippen molar-refractivity contribution in [2.75, 3.05) is 7.05 Å². The van der Waals surface area contributed by atoms with Crippen molar-refractivity contribution in [1.29, 1.82) is 0 Å². The fourth-order valence-electron chi connectivity index (χ4n) is 0.102. The fourth-order valence-corrected chi connectivity index (χ4v) is 0.102. The van der Waals surface area contributed by atoms with Gasteiger partial charge in [-0.15, -0.1) is 0 Å². The molecule has 0 unspecified atom stereocenters. The van der Waals surface area contributed by atoms with Crippen LogP contribution in [0, 0.1) is 0 Å². The van der Waals surface area contributed by atoms with Gasteiger partial charge >= 0.3 is 0 Å². The molecule has 8 heavy (non-hydrogen) atoms. The monoisotopic (exact) mass is 115 g/mol. The third kappa shape index (κ3) is 8.86. The van der Waals surface area contributed by atoms with Crippen LogP contribution in [0.1, 0.15) is 0 Å². The smallest absolute Gasteiger partial charge is 0.243 e. The number of nitrogens with one attached hydrogen (secondary N) is 1. The maximum atomic E-state index is 9.95. The molecule has 0 spiro atoms. The lowest BCUT2D eigenvalue weighted by Gasteiger charge is -1.82. The molecular formula is C5H9NO2. The molecule has 1 amide bonds. The zero-order valence-electron chi connectivity index (χ0n) is 4.81. The topological polar surface area (TPSA) is 46.2 Å². The highest BCUT2D eigenvalue weighted by Gasteiger charge is 1.78. The molecule has 0 radical (unpaired) electrons. The first-order valence-corrected chi connectivity index (χ1v) is 1.94. The Morgan fingerprint density at radius 3 is 2.00 bits per heavy atom. The molecule has 3 nitrogen and oxygen atoms in total. The highest BCUT2D eigenvalue weighted by molar-refractivity contribution is 5.86. The van der Waals surface area contributed by atoms with Crippen LogP contribution in [-0.4, -0.2) is 19.7 Å². The third-order valence-corrected chi connectivity index (χ3v) is 0.432. The van der Waals surface area contributed by atoms with Crippen LogP contribution in [0.25, 0.3) is 0 Å². The normalized spacial score (nSPS) is 5.62. The molecule has 0 bridgehead atoms. The van der Waals surface area contributed by atoms with E-state index >= 15 is 0 Å². The lowest BCUT2D eigenvalue weighted by atomic mass is 10.6. The summed E-state index contributed by atoms with van der Waals surface area (Å²) in [6, 6.07) is 0. The van der Waals surface area contributed by atoms with Crippen molar-refractivity contribution < 1.29 is 9.59 Å². The van der Waals surface area contributed by atoms with Gasteiger partial charge in [0.15, 0.2) is 0 Å². The lowest BCUT2D eigenvalue weighted by Crippen LogP contribution is -2.13. The van der Waals surface area contributed by atoms with Crippen LogP contribution < -0.4 is 5.32 Å². The van der Waals surface area contributed by atoms with E-state index in [9.17, 15) is 4.79 Å². The Balaban J connectivity index is 0. The van der Waals surface area contributed by atoms with Gasteiger partial charge in [0.05, 0.1) is 0 Å². The zero-order chi connectivity index (χ0) is 6.99. The minimum absolute atomic E-state index is 0.144. The van der Waals surface area contributed by atoms with Crippen LogP contribution in [0.4, 0.5) is 0 Å². The van der Waals surface area contributed by atoms with Gasteiger partial charge in [0, 0.05) is 7.05 Å². The summed E-state index contributed by atoms with van der Waals surface area (Å²) in [5.41, 5.74) is 0. The van der Waals surface area contributed by atoms with Crippen LogP contribution in [0.5, 0.6) is 0 Å². The molecule has 0 rings (SSSR count). The van der Waals surface area contributed by atoms with Crippen molar-refractivity contribution in [3.63, 3.8) is 0 Å². The van der Waals surface area contributed by atoms with E-state index in [1.807, 2.05) is 6.79 Å². The van der Waals surface area contributed by atoms with Crippen LogP contribution in [0.15, 0.2) is 12.7 Å². The fraction of sp³-hybridized carbons (Fsp3) is 0.200. The predicted octanol–water partition coefficient (Wildman–Crippen LogP) is -0.267. The van der Waals surface area contributed by atoms with Gasteiger partial charge in [-0.2, -0.15) is 0 Å². The number of amides is 1. The van der Waals surface area contributed by atoms with Crippen molar-refractivity contribution in [2.24, 2.45) is 0 Å². The molecule has 0 aromatic heterocycles. The largest absolute Gasteiger partial charge is 0.356 e. The maximum Gasteiger partial charge on any atom is 0.243 e. The lowest BCUT2D eigenvalue weighted by molar-refractivity contribution is -0.116. The molecule has 0 fully saturated rings. The number of hydrogen-bond donors (Lipinski definition) is 1. The zero-order valence-corrected chi connectivity index (χ0v) is 4.81. The molecule has 0 aliphatic heterocycles. The molecule has 0 atom stereocenters. The molecule has 0 saturated carbocycles. The summed E-state index contributed by atoms with van der Waals surface area (Å²) < 4.78 is 0. The first-order chi connectivity index (χ1) is 3.81. The summed E-state index contributed by atoms with van der Waals surface area (Å²) in [5, 5.41) is 2.36. The second kappa shape index (κ2) is 9.30. The second-order valence-electron chi connectivity index (χ2n) is 0.818. The quantitative estimate of drug-likeness (QED) is 0.478. The summed E-state index contributed by atoms with van der Waals surface area (Å²) in [7, 11) is 1.56. The van der Waals surface area contributed by atoms with E-state index in [4.69, 9.17) is 4.79 Å². The van der Waals surface area contributed by atoms with Gasteiger partial charge in [-0.3, -0.25) is 4.79 Å². The molecule has 0 aliphatic carbocycles. The number of rotatable bonds is 1. The van der Waals surface area contributed by atoms with Crippen LogP contribution >= 0.6 is 0 Å². The number of hydrogen-bond acceptors (Lipinski definition) is 2. The number of carbonyl (C=O) groups is 2. The van der Waals surface area contributed by atoms with Gasteiger partial charge in [-0.05, 0) is 6.08 Å². The summed E-state index contributed by atoms with van der Waals surface area (Å²) >= 11 is 0. The number of likely N-dealkylation sites (N-methyl/N-ethyl adjacent to an activating group) is 1. The average Bonchev–Trinajstić information content (AvgIpc) is 1.91. The Morgan fingerprint density at radius 1 is 1.62 bits per heavy atom. The van der Waals surface area contributed by atoms with Gasteiger partial charge < -0.3 is 10.1 Å². The molecular weight excluding hydrogens is 106 g/mol. The van der Waals surface area contributed by atoms with E-state index < -0.39 is 0 Å². The van der Waals surface area contributed by atoms with E-state index in [2.05, 4.69) is 11.9 Å². The van der Waals surface area contributed by atoms with E-state index in [0.717, 1.165) is 0 Å². The summed E-state index contributed by atoms with van der Waals surface area (Å²) in [6.07, 6.45) is 1.22. The van der Waals surface area contributed by atoms with E-state index in [1.165, 1.54) is 6.08 Å². The second-order valence-corrected chi connectivity index (χ2v) is 0.818. The van der Waals surface area contributed by atoms with E-state index in [0.29, 0.717) is 0 Å². The standard InChI is InChI=1S/C4H7NO.CH2O/c1-3-4(6)5-2;1-2/h3H,1H2,2H3,(H,5,6);1H2. The van der Waals surface area contributed by atoms with Crippen LogP contribution in [-0.2, 0) is 9.59 Å². The Hall–Kier alpha value is -1.12. The van der Waals surface area contributed by atoms with Gasteiger partial charge in [0.1, 0.15) is 6.79 Å². The van der Waals surface area contributed by atoms with Crippen molar-refractivity contribution in [3.05, 3.63) is 12.7 Å². The Kier molecular flexibility index (Phi) is 11.6. The minimum atomic E-state index is -0.144. The minimum Gasteiger partial charge on any atom is -0.356 e. The van der Waals surface area contributed by atoms with Gasteiger partial charge in [0.25, 0.3) is 0 Å². The average molecular weight is 115 g/mol.